The molecule has 0 spiro atoms. The molecule has 0 unspecified atom stereocenters. The number of amides is 2. The van der Waals surface area contributed by atoms with Gasteiger partial charge in [0.1, 0.15) is 4.88 Å². The van der Waals surface area contributed by atoms with Gasteiger partial charge in [-0.25, -0.2) is 0 Å². The number of hydrogen-bond acceptors (Lipinski definition) is 4. The van der Waals surface area contributed by atoms with Crippen molar-refractivity contribution in [2.24, 2.45) is 0 Å². The fraction of sp³-hybridized carbons (Fsp3) is 0.474. The molecule has 2 aliphatic rings. The van der Waals surface area contributed by atoms with Crippen LogP contribution in [-0.2, 0) is 0 Å². The van der Waals surface area contributed by atoms with Crippen LogP contribution in [0.5, 0.6) is 0 Å². The van der Waals surface area contributed by atoms with Crippen LogP contribution >= 0.6 is 11.3 Å². The van der Waals surface area contributed by atoms with Gasteiger partial charge >= 0.3 is 0 Å². The van der Waals surface area contributed by atoms with Crippen molar-refractivity contribution >= 4 is 38.9 Å². The zero-order valence-electron chi connectivity index (χ0n) is 14.4. The summed E-state index contributed by atoms with van der Waals surface area (Å²) < 4.78 is 1.02. The first-order valence-electron chi connectivity index (χ1n) is 9.04. The van der Waals surface area contributed by atoms with Crippen LogP contribution in [0.2, 0.25) is 0 Å². The highest BCUT2D eigenvalue weighted by atomic mass is 32.1. The lowest BCUT2D eigenvalue weighted by atomic mass is 9.95. The average molecular weight is 357 g/mol. The molecule has 0 saturated heterocycles. The van der Waals surface area contributed by atoms with E-state index in [4.69, 9.17) is 0 Å². The molecule has 3 N–H and O–H groups in total. The summed E-state index contributed by atoms with van der Waals surface area (Å²) in [5, 5.41) is 10.5. The van der Waals surface area contributed by atoms with Crippen molar-refractivity contribution in [3.05, 3.63) is 28.6 Å². The minimum absolute atomic E-state index is 0.0137. The van der Waals surface area contributed by atoms with Crippen LogP contribution in [0.3, 0.4) is 0 Å². The molecule has 1 aromatic heterocycles. The summed E-state index contributed by atoms with van der Waals surface area (Å²) in [5.74, 6) is -0.0536. The smallest absolute Gasteiger partial charge is 0.263 e. The molecular formula is C19H23N3O2S. The van der Waals surface area contributed by atoms with E-state index in [0.717, 1.165) is 28.6 Å². The second-order valence-electron chi connectivity index (χ2n) is 7.08. The largest absolute Gasteiger partial charge is 0.381 e. The maximum Gasteiger partial charge on any atom is 0.263 e. The van der Waals surface area contributed by atoms with Gasteiger partial charge in [-0.05, 0) is 38.0 Å². The van der Waals surface area contributed by atoms with Crippen LogP contribution in [-0.4, -0.2) is 30.4 Å². The predicted octanol–water partition coefficient (Wildman–Crippen LogP) is 3.51. The number of thiophene rings is 1. The predicted molar refractivity (Wildman–Crippen MR) is 102 cm³/mol. The molecule has 0 radical (unpaired) electrons. The van der Waals surface area contributed by atoms with Crippen molar-refractivity contribution in [2.45, 2.75) is 51.1 Å². The summed E-state index contributed by atoms with van der Waals surface area (Å²) >= 11 is 1.47. The second-order valence-corrected chi connectivity index (χ2v) is 8.13. The maximum absolute atomic E-state index is 12.6. The van der Waals surface area contributed by atoms with Gasteiger partial charge in [-0.3, -0.25) is 9.59 Å². The molecule has 25 heavy (non-hydrogen) atoms. The van der Waals surface area contributed by atoms with Crippen LogP contribution in [0.25, 0.3) is 10.1 Å². The molecule has 2 amide bonds. The van der Waals surface area contributed by atoms with E-state index in [1.54, 1.807) is 0 Å². The number of anilines is 1. The summed E-state index contributed by atoms with van der Waals surface area (Å²) in [6, 6.07) is 6.10. The highest BCUT2D eigenvalue weighted by Crippen LogP contribution is 2.37. The number of benzene rings is 1. The molecule has 1 saturated carbocycles. The van der Waals surface area contributed by atoms with Gasteiger partial charge in [0.25, 0.3) is 11.8 Å². The van der Waals surface area contributed by atoms with E-state index in [1.807, 2.05) is 25.1 Å². The molecule has 1 aromatic carbocycles. The molecule has 132 valence electrons. The highest BCUT2D eigenvalue weighted by molar-refractivity contribution is 7.21. The lowest BCUT2D eigenvalue weighted by molar-refractivity contribution is 0.0925. The van der Waals surface area contributed by atoms with E-state index in [2.05, 4.69) is 16.0 Å². The minimum atomic E-state index is -0.0399. The topological polar surface area (TPSA) is 70.2 Å². The molecule has 0 bridgehead atoms. The summed E-state index contributed by atoms with van der Waals surface area (Å²) in [6.45, 7) is 2.66. The molecule has 1 fully saturated rings. The normalized spacial score (nSPS) is 21.2. The Hall–Kier alpha value is -2.08. The second kappa shape index (κ2) is 6.67. The van der Waals surface area contributed by atoms with Crippen molar-refractivity contribution in [3.63, 3.8) is 0 Å². The number of nitrogens with one attached hydrogen (secondary N) is 3. The van der Waals surface area contributed by atoms with Gasteiger partial charge in [-0.2, -0.15) is 0 Å². The van der Waals surface area contributed by atoms with Gasteiger partial charge in [-0.1, -0.05) is 19.3 Å². The Kier molecular flexibility index (Phi) is 4.37. The fourth-order valence-electron chi connectivity index (χ4n) is 3.69. The summed E-state index contributed by atoms with van der Waals surface area (Å²) in [7, 11) is 0. The number of rotatable bonds is 2. The van der Waals surface area contributed by atoms with E-state index < -0.39 is 0 Å². The van der Waals surface area contributed by atoms with Crippen LogP contribution < -0.4 is 16.0 Å². The maximum atomic E-state index is 12.6. The van der Waals surface area contributed by atoms with Crippen molar-refractivity contribution in [2.75, 3.05) is 11.9 Å². The van der Waals surface area contributed by atoms with E-state index in [-0.39, 0.29) is 17.9 Å². The zero-order chi connectivity index (χ0) is 17.4. The number of fused-ring (bicyclic) bond motifs is 3. The van der Waals surface area contributed by atoms with Gasteiger partial charge in [0.15, 0.2) is 0 Å². The molecule has 1 atom stereocenters. The van der Waals surface area contributed by atoms with Gasteiger partial charge in [0.05, 0.1) is 5.69 Å². The standard InChI is InChI=1S/C19H23N3O2S/c1-11-10-20-16-14-9-12(18(23)22-13-5-3-2-4-6-13)7-8-15(14)25-17(16)19(24)21-11/h7-9,11,13,20H,2-6,10H2,1H3,(H,21,24)(H,22,23)/t11-/m1/s1. The van der Waals surface area contributed by atoms with Crippen LogP contribution in [0.15, 0.2) is 18.2 Å². The Morgan fingerprint density at radius 1 is 1.24 bits per heavy atom. The first-order valence-corrected chi connectivity index (χ1v) is 9.85. The fourth-order valence-corrected chi connectivity index (χ4v) is 4.75. The molecule has 2 aromatic rings. The minimum Gasteiger partial charge on any atom is -0.381 e. The van der Waals surface area contributed by atoms with Gasteiger partial charge in [-0.15, -0.1) is 11.3 Å². The molecule has 4 rings (SSSR count). The van der Waals surface area contributed by atoms with E-state index in [0.29, 0.717) is 23.0 Å². The molecular weight excluding hydrogens is 334 g/mol. The summed E-state index contributed by atoms with van der Waals surface area (Å²) in [6.07, 6.45) is 5.80. The first kappa shape index (κ1) is 16.4. The van der Waals surface area contributed by atoms with Crippen molar-refractivity contribution in [1.29, 1.82) is 0 Å². The first-order chi connectivity index (χ1) is 12.1. The lowest BCUT2D eigenvalue weighted by Crippen LogP contribution is -2.36. The number of carbonyl (C=O) groups excluding carboxylic acids is 2. The zero-order valence-corrected chi connectivity index (χ0v) is 15.2. The monoisotopic (exact) mass is 357 g/mol. The van der Waals surface area contributed by atoms with Gasteiger partial charge in [0.2, 0.25) is 0 Å². The Morgan fingerprint density at radius 3 is 2.84 bits per heavy atom. The third kappa shape index (κ3) is 3.23. The Morgan fingerprint density at radius 2 is 2.04 bits per heavy atom. The Balaban J connectivity index is 1.63. The average Bonchev–Trinajstić information content (AvgIpc) is 2.92. The number of carbonyl (C=O) groups is 2. The van der Waals surface area contributed by atoms with Crippen LogP contribution in [0, 0.1) is 0 Å². The van der Waals surface area contributed by atoms with E-state index in [9.17, 15) is 9.59 Å². The quantitative estimate of drug-likeness (QED) is 0.770. The SMILES string of the molecule is C[C@@H]1CNc2c(sc3ccc(C(=O)NC4CCCCC4)cc23)C(=O)N1. The van der Waals surface area contributed by atoms with Gasteiger partial charge < -0.3 is 16.0 Å². The van der Waals surface area contributed by atoms with Crippen LogP contribution in [0.4, 0.5) is 5.69 Å². The highest BCUT2D eigenvalue weighted by Gasteiger charge is 2.24. The number of hydrogen-bond donors (Lipinski definition) is 3. The van der Waals surface area contributed by atoms with Crippen molar-refractivity contribution in [3.8, 4) is 0 Å². The van der Waals surface area contributed by atoms with Crippen LogP contribution in [0.1, 0.15) is 59.1 Å². The molecule has 2 heterocycles. The lowest BCUT2D eigenvalue weighted by Gasteiger charge is -2.22. The Bertz CT molecular complexity index is 823. The third-order valence-electron chi connectivity index (χ3n) is 5.06. The van der Waals surface area contributed by atoms with E-state index in [1.165, 1.54) is 30.6 Å². The molecule has 6 heteroatoms. The Labute approximate surface area is 151 Å². The summed E-state index contributed by atoms with van der Waals surface area (Å²) in [4.78, 5) is 25.7. The summed E-state index contributed by atoms with van der Waals surface area (Å²) in [5.41, 5.74) is 1.52. The molecule has 1 aliphatic heterocycles. The van der Waals surface area contributed by atoms with Crippen molar-refractivity contribution in [1.82, 2.24) is 10.6 Å². The third-order valence-corrected chi connectivity index (χ3v) is 6.23. The van der Waals surface area contributed by atoms with Crippen molar-refractivity contribution < 1.29 is 9.59 Å². The molecule has 1 aliphatic carbocycles. The molecule has 5 nitrogen and oxygen atoms in total. The van der Waals surface area contributed by atoms with E-state index >= 15 is 0 Å². The van der Waals surface area contributed by atoms with Gasteiger partial charge in [0, 0.05) is 34.3 Å².